The summed E-state index contributed by atoms with van der Waals surface area (Å²) in [6, 6.07) is 9.53. The van der Waals surface area contributed by atoms with Crippen molar-refractivity contribution in [2.24, 2.45) is 0 Å². The van der Waals surface area contributed by atoms with Crippen LogP contribution >= 0.6 is 0 Å². The summed E-state index contributed by atoms with van der Waals surface area (Å²) in [5.74, 6) is 1.88. The molecule has 3 aromatic rings. The summed E-state index contributed by atoms with van der Waals surface area (Å²) in [6.45, 7) is 4.46. The topological polar surface area (TPSA) is 74.4 Å². The van der Waals surface area contributed by atoms with E-state index in [1.807, 2.05) is 44.2 Å². The van der Waals surface area contributed by atoms with Crippen LogP contribution in [0.15, 0.2) is 45.5 Å². The van der Waals surface area contributed by atoms with Gasteiger partial charge in [-0.05, 0) is 37.6 Å². The number of nitrogens with zero attached hydrogens (tertiary/aromatic N) is 1. The molecule has 0 aliphatic rings. The number of aryl methyl sites for hydroxylation is 1. The molecule has 3 rings (SSSR count). The molecule has 0 radical (unpaired) electrons. The highest BCUT2D eigenvalue weighted by Crippen LogP contribution is 2.38. The van der Waals surface area contributed by atoms with Gasteiger partial charge < -0.3 is 19.4 Å². The largest absolute Gasteiger partial charge is 0.494 e. The summed E-state index contributed by atoms with van der Waals surface area (Å²) in [6.07, 6.45) is 1.62. The minimum atomic E-state index is 0.287. The van der Waals surface area contributed by atoms with Crippen LogP contribution in [0.5, 0.6) is 5.75 Å². The van der Waals surface area contributed by atoms with Crippen LogP contribution in [-0.2, 0) is 0 Å². The molecule has 5 nitrogen and oxygen atoms in total. The molecule has 0 atom stereocenters. The lowest BCUT2D eigenvalue weighted by Crippen LogP contribution is -1.92. The zero-order valence-corrected chi connectivity index (χ0v) is 11.9. The Morgan fingerprint density at radius 1 is 1.19 bits per heavy atom. The molecule has 1 aromatic carbocycles. The Morgan fingerprint density at radius 2 is 1.95 bits per heavy atom. The minimum Gasteiger partial charge on any atom is -0.494 e. The molecule has 0 aliphatic carbocycles. The Hall–Kier alpha value is -2.69. The molecule has 0 fully saturated rings. The highest BCUT2D eigenvalue weighted by atomic mass is 16.5. The summed E-state index contributed by atoms with van der Waals surface area (Å²) >= 11 is 0. The molecule has 0 spiro atoms. The van der Waals surface area contributed by atoms with E-state index in [2.05, 4.69) is 5.16 Å². The molecule has 0 amide bonds. The van der Waals surface area contributed by atoms with Crippen LogP contribution in [0.1, 0.15) is 12.7 Å². The van der Waals surface area contributed by atoms with Crippen LogP contribution < -0.4 is 10.5 Å². The van der Waals surface area contributed by atoms with Crippen molar-refractivity contribution in [3.05, 3.63) is 42.4 Å². The number of benzene rings is 1. The lowest BCUT2D eigenvalue weighted by Gasteiger charge is -2.05. The van der Waals surface area contributed by atoms with E-state index in [4.69, 9.17) is 19.4 Å². The van der Waals surface area contributed by atoms with Crippen molar-refractivity contribution in [3.8, 4) is 28.1 Å². The van der Waals surface area contributed by atoms with Gasteiger partial charge in [0, 0.05) is 5.56 Å². The molecule has 2 heterocycles. The van der Waals surface area contributed by atoms with Gasteiger partial charge in [-0.1, -0.05) is 17.3 Å². The summed E-state index contributed by atoms with van der Waals surface area (Å²) in [5.41, 5.74) is 9.18. The maximum absolute atomic E-state index is 5.94. The molecule has 0 saturated carbocycles. The van der Waals surface area contributed by atoms with Crippen LogP contribution in [0, 0.1) is 6.92 Å². The fourth-order valence-corrected chi connectivity index (χ4v) is 2.28. The number of ether oxygens (including phenoxy) is 1. The average Bonchev–Trinajstić information content (AvgIpc) is 3.06. The lowest BCUT2D eigenvalue weighted by atomic mass is 10.0. The summed E-state index contributed by atoms with van der Waals surface area (Å²) in [7, 11) is 0. The fraction of sp³-hybridized carbons (Fsp3) is 0.188. The minimum absolute atomic E-state index is 0.287. The Balaban J connectivity index is 2.06. The van der Waals surface area contributed by atoms with Crippen LogP contribution in [0.2, 0.25) is 0 Å². The number of hydrogen-bond acceptors (Lipinski definition) is 5. The van der Waals surface area contributed by atoms with E-state index in [1.165, 1.54) is 0 Å². The second-order valence-corrected chi connectivity index (χ2v) is 4.62. The first-order valence-corrected chi connectivity index (χ1v) is 6.73. The fourth-order valence-electron chi connectivity index (χ4n) is 2.28. The molecule has 0 bridgehead atoms. The first-order chi connectivity index (χ1) is 10.2. The van der Waals surface area contributed by atoms with Gasteiger partial charge in [-0.15, -0.1) is 0 Å². The molecular weight excluding hydrogens is 268 g/mol. The van der Waals surface area contributed by atoms with Crippen LogP contribution in [-0.4, -0.2) is 11.8 Å². The highest BCUT2D eigenvalue weighted by Gasteiger charge is 2.20. The third kappa shape index (κ3) is 2.38. The lowest BCUT2D eigenvalue weighted by molar-refractivity contribution is 0.340. The zero-order valence-electron chi connectivity index (χ0n) is 11.9. The summed E-state index contributed by atoms with van der Waals surface area (Å²) in [4.78, 5) is 0. The third-order valence-electron chi connectivity index (χ3n) is 3.29. The van der Waals surface area contributed by atoms with E-state index in [1.54, 1.807) is 6.26 Å². The molecule has 2 N–H and O–H groups in total. The molecule has 0 unspecified atom stereocenters. The van der Waals surface area contributed by atoms with Gasteiger partial charge in [-0.3, -0.25) is 0 Å². The molecule has 21 heavy (non-hydrogen) atoms. The predicted molar refractivity (Wildman–Crippen MR) is 80.0 cm³/mol. The van der Waals surface area contributed by atoms with E-state index in [0.29, 0.717) is 12.3 Å². The first kappa shape index (κ1) is 13.3. The van der Waals surface area contributed by atoms with Crippen molar-refractivity contribution in [2.45, 2.75) is 13.8 Å². The first-order valence-electron chi connectivity index (χ1n) is 6.73. The second kappa shape index (κ2) is 5.36. The normalized spacial score (nSPS) is 10.8. The van der Waals surface area contributed by atoms with Crippen LogP contribution in [0.25, 0.3) is 22.4 Å². The van der Waals surface area contributed by atoms with E-state index >= 15 is 0 Å². The van der Waals surface area contributed by atoms with Crippen LogP contribution in [0.3, 0.4) is 0 Å². The quantitative estimate of drug-likeness (QED) is 0.786. The van der Waals surface area contributed by atoms with Gasteiger partial charge in [0.05, 0.1) is 18.4 Å². The maximum atomic E-state index is 5.94. The van der Waals surface area contributed by atoms with E-state index < -0.39 is 0 Å². The molecule has 5 heteroatoms. The molecule has 2 aromatic heterocycles. The van der Waals surface area contributed by atoms with Gasteiger partial charge in [0.15, 0.2) is 0 Å². The number of aromatic nitrogens is 1. The number of nitrogens with two attached hydrogens (primary N) is 1. The van der Waals surface area contributed by atoms with Crippen molar-refractivity contribution in [1.82, 2.24) is 5.16 Å². The van der Waals surface area contributed by atoms with Crippen molar-refractivity contribution in [3.63, 3.8) is 0 Å². The summed E-state index contributed by atoms with van der Waals surface area (Å²) < 4.78 is 15.9. The Morgan fingerprint density at radius 3 is 2.57 bits per heavy atom. The SMILES string of the molecule is CCOc1ccc(-c2c(-c3ccoc3C)noc2N)cc1. The smallest absolute Gasteiger partial charge is 0.230 e. The zero-order chi connectivity index (χ0) is 14.8. The van der Waals surface area contributed by atoms with Gasteiger partial charge in [-0.25, -0.2) is 0 Å². The highest BCUT2D eigenvalue weighted by molar-refractivity contribution is 5.87. The van der Waals surface area contributed by atoms with E-state index in [9.17, 15) is 0 Å². The average molecular weight is 284 g/mol. The Kier molecular flexibility index (Phi) is 3.39. The summed E-state index contributed by atoms with van der Waals surface area (Å²) in [5, 5.41) is 4.06. The van der Waals surface area contributed by atoms with Gasteiger partial charge in [0.25, 0.3) is 0 Å². The molecule has 0 saturated heterocycles. The van der Waals surface area contributed by atoms with E-state index in [-0.39, 0.29) is 5.88 Å². The number of nitrogen functional groups attached to an aromatic ring is 1. The van der Waals surface area contributed by atoms with Crippen LogP contribution in [0.4, 0.5) is 5.88 Å². The van der Waals surface area contributed by atoms with Crippen molar-refractivity contribution in [1.29, 1.82) is 0 Å². The maximum Gasteiger partial charge on any atom is 0.230 e. The van der Waals surface area contributed by atoms with Crippen molar-refractivity contribution >= 4 is 5.88 Å². The van der Waals surface area contributed by atoms with Gasteiger partial charge in [0.1, 0.15) is 17.2 Å². The standard InChI is InChI=1S/C16H16N2O3/c1-3-19-12-6-4-11(5-7-12)14-15(18-21-16(14)17)13-8-9-20-10(13)2/h4-9H,3,17H2,1-2H3. The van der Waals surface area contributed by atoms with Gasteiger partial charge >= 0.3 is 0 Å². The second-order valence-electron chi connectivity index (χ2n) is 4.62. The van der Waals surface area contributed by atoms with E-state index in [0.717, 1.165) is 28.2 Å². The Labute approximate surface area is 122 Å². The monoisotopic (exact) mass is 284 g/mol. The number of rotatable bonds is 4. The predicted octanol–water partition coefficient (Wildman–Crippen LogP) is 3.89. The van der Waals surface area contributed by atoms with Crippen molar-refractivity contribution in [2.75, 3.05) is 12.3 Å². The van der Waals surface area contributed by atoms with Crippen molar-refractivity contribution < 1.29 is 13.7 Å². The molecule has 108 valence electrons. The van der Waals surface area contributed by atoms with Gasteiger partial charge in [-0.2, -0.15) is 0 Å². The Bertz CT molecular complexity index is 741. The number of hydrogen-bond donors (Lipinski definition) is 1. The molecular formula is C16H16N2O3. The third-order valence-corrected chi connectivity index (χ3v) is 3.29. The number of furan rings is 1. The number of anilines is 1. The molecule has 0 aliphatic heterocycles. The van der Waals surface area contributed by atoms with Gasteiger partial charge in [0.2, 0.25) is 5.88 Å².